The van der Waals surface area contributed by atoms with Crippen molar-refractivity contribution >= 4 is 16.8 Å². The summed E-state index contributed by atoms with van der Waals surface area (Å²) in [5.41, 5.74) is 0. The van der Waals surface area contributed by atoms with Crippen LogP contribution in [0.5, 0.6) is 5.75 Å². The standard InChI is InChI=1S/C15H21ClO2/c1-2-3-5-8-13(15(16)17)11-12-18-14-9-6-4-7-10-14/h4,6-7,9-10,13H,2-3,5,8,11-12H2,1H3. The minimum absolute atomic E-state index is 0.0677. The smallest absolute Gasteiger partial charge is 0.224 e. The van der Waals surface area contributed by atoms with E-state index in [9.17, 15) is 4.79 Å². The zero-order valence-electron chi connectivity index (χ0n) is 10.9. The second-order valence-electron chi connectivity index (χ2n) is 4.45. The summed E-state index contributed by atoms with van der Waals surface area (Å²) in [6.07, 6.45) is 4.93. The predicted octanol–water partition coefficient (Wildman–Crippen LogP) is 4.42. The van der Waals surface area contributed by atoms with Crippen LogP contribution in [0.4, 0.5) is 0 Å². The zero-order valence-corrected chi connectivity index (χ0v) is 11.7. The van der Waals surface area contributed by atoms with Crippen LogP contribution < -0.4 is 4.74 Å². The Morgan fingerprint density at radius 2 is 1.94 bits per heavy atom. The molecule has 0 heterocycles. The fraction of sp³-hybridized carbons (Fsp3) is 0.533. The Morgan fingerprint density at radius 3 is 2.56 bits per heavy atom. The van der Waals surface area contributed by atoms with Crippen molar-refractivity contribution < 1.29 is 9.53 Å². The van der Waals surface area contributed by atoms with Gasteiger partial charge in [-0.15, -0.1) is 0 Å². The van der Waals surface area contributed by atoms with E-state index in [2.05, 4.69) is 6.92 Å². The van der Waals surface area contributed by atoms with Crippen LogP contribution in [0.1, 0.15) is 39.0 Å². The fourth-order valence-corrected chi connectivity index (χ4v) is 2.07. The SMILES string of the molecule is CCCCCC(CCOc1ccccc1)C(=O)Cl. The van der Waals surface area contributed by atoms with Crippen molar-refractivity contribution in [1.29, 1.82) is 0 Å². The highest BCUT2D eigenvalue weighted by molar-refractivity contribution is 6.63. The molecule has 1 aromatic carbocycles. The molecule has 1 atom stereocenters. The second-order valence-corrected chi connectivity index (χ2v) is 4.82. The summed E-state index contributed by atoms with van der Waals surface area (Å²) in [7, 11) is 0. The number of benzene rings is 1. The van der Waals surface area contributed by atoms with Crippen LogP contribution in [0.25, 0.3) is 0 Å². The molecule has 0 aliphatic heterocycles. The van der Waals surface area contributed by atoms with Gasteiger partial charge in [0.05, 0.1) is 6.61 Å². The van der Waals surface area contributed by atoms with E-state index in [0.717, 1.165) is 31.4 Å². The maximum Gasteiger partial charge on any atom is 0.224 e. The van der Waals surface area contributed by atoms with Crippen LogP contribution in [-0.4, -0.2) is 11.8 Å². The maximum absolute atomic E-state index is 11.3. The average Bonchev–Trinajstić information content (AvgIpc) is 2.38. The summed E-state index contributed by atoms with van der Waals surface area (Å²) in [6, 6.07) is 9.63. The van der Waals surface area contributed by atoms with Crippen molar-refractivity contribution in [3.05, 3.63) is 30.3 Å². The molecule has 2 nitrogen and oxygen atoms in total. The van der Waals surface area contributed by atoms with E-state index < -0.39 is 0 Å². The van der Waals surface area contributed by atoms with Gasteiger partial charge in [0, 0.05) is 5.92 Å². The van der Waals surface area contributed by atoms with E-state index in [4.69, 9.17) is 16.3 Å². The molecule has 0 spiro atoms. The van der Waals surface area contributed by atoms with Gasteiger partial charge in [-0.3, -0.25) is 4.79 Å². The number of halogens is 1. The lowest BCUT2D eigenvalue weighted by Gasteiger charge is -2.13. The zero-order chi connectivity index (χ0) is 13.2. The number of carbonyl (C=O) groups excluding carboxylic acids is 1. The van der Waals surface area contributed by atoms with Gasteiger partial charge in [0.25, 0.3) is 0 Å². The number of unbranched alkanes of at least 4 members (excludes halogenated alkanes) is 2. The average molecular weight is 269 g/mol. The van der Waals surface area contributed by atoms with Gasteiger partial charge in [0.1, 0.15) is 5.75 Å². The van der Waals surface area contributed by atoms with Gasteiger partial charge < -0.3 is 4.74 Å². The van der Waals surface area contributed by atoms with Gasteiger partial charge in [-0.2, -0.15) is 0 Å². The largest absolute Gasteiger partial charge is 0.494 e. The van der Waals surface area contributed by atoms with E-state index in [1.165, 1.54) is 0 Å². The minimum atomic E-state index is -0.234. The summed E-state index contributed by atoms with van der Waals surface area (Å²) in [6.45, 7) is 2.69. The third kappa shape index (κ3) is 6.06. The van der Waals surface area contributed by atoms with Crippen molar-refractivity contribution in [1.82, 2.24) is 0 Å². The van der Waals surface area contributed by atoms with Gasteiger partial charge >= 0.3 is 0 Å². The second kappa shape index (κ2) is 8.98. The van der Waals surface area contributed by atoms with Crippen LogP contribution in [0.2, 0.25) is 0 Å². The number of ether oxygens (including phenoxy) is 1. The van der Waals surface area contributed by atoms with Crippen LogP contribution in [-0.2, 0) is 4.79 Å². The summed E-state index contributed by atoms with van der Waals surface area (Å²) in [4.78, 5) is 11.3. The maximum atomic E-state index is 11.3. The quantitative estimate of drug-likeness (QED) is 0.490. The van der Waals surface area contributed by atoms with E-state index >= 15 is 0 Å². The summed E-state index contributed by atoms with van der Waals surface area (Å²) < 4.78 is 5.58. The van der Waals surface area contributed by atoms with Gasteiger partial charge in [-0.25, -0.2) is 0 Å². The normalized spacial score (nSPS) is 12.1. The Kier molecular flexibility index (Phi) is 7.51. The van der Waals surface area contributed by atoms with Crippen molar-refractivity contribution in [3.8, 4) is 5.75 Å². The Hall–Kier alpha value is -1.02. The van der Waals surface area contributed by atoms with Gasteiger partial charge in [-0.05, 0) is 36.6 Å². The van der Waals surface area contributed by atoms with Gasteiger partial charge in [-0.1, -0.05) is 44.4 Å². The number of para-hydroxylation sites is 1. The molecule has 0 aliphatic rings. The van der Waals surface area contributed by atoms with Crippen LogP contribution in [0, 0.1) is 5.92 Å². The summed E-state index contributed by atoms with van der Waals surface area (Å²) in [5.74, 6) is 0.772. The van der Waals surface area contributed by atoms with Gasteiger partial charge in [0.2, 0.25) is 5.24 Å². The molecule has 0 bridgehead atoms. The fourth-order valence-electron chi connectivity index (χ4n) is 1.85. The molecule has 0 N–H and O–H groups in total. The first kappa shape index (κ1) is 15.0. The lowest BCUT2D eigenvalue weighted by atomic mass is 9.99. The van der Waals surface area contributed by atoms with Gasteiger partial charge in [0.15, 0.2) is 0 Å². The molecule has 0 saturated heterocycles. The monoisotopic (exact) mass is 268 g/mol. The van der Waals surface area contributed by atoms with Crippen LogP contribution in [0.15, 0.2) is 30.3 Å². The number of hydrogen-bond donors (Lipinski definition) is 0. The van der Waals surface area contributed by atoms with E-state index in [1.807, 2.05) is 30.3 Å². The van der Waals surface area contributed by atoms with E-state index in [0.29, 0.717) is 13.0 Å². The van der Waals surface area contributed by atoms with E-state index in [-0.39, 0.29) is 11.2 Å². The highest BCUT2D eigenvalue weighted by Crippen LogP contribution is 2.18. The number of carbonyl (C=O) groups is 1. The molecular formula is C15H21ClO2. The molecule has 0 saturated carbocycles. The molecule has 1 unspecified atom stereocenters. The molecule has 3 heteroatoms. The van der Waals surface area contributed by atoms with Crippen molar-refractivity contribution in [2.24, 2.45) is 5.92 Å². The lowest BCUT2D eigenvalue weighted by Crippen LogP contribution is -2.13. The predicted molar refractivity (Wildman–Crippen MR) is 75.0 cm³/mol. The molecule has 0 radical (unpaired) electrons. The molecule has 0 aliphatic carbocycles. The molecule has 18 heavy (non-hydrogen) atoms. The van der Waals surface area contributed by atoms with Crippen molar-refractivity contribution in [2.45, 2.75) is 39.0 Å². The lowest BCUT2D eigenvalue weighted by molar-refractivity contribution is -0.115. The summed E-state index contributed by atoms with van der Waals surface area (Å²) >= 11 is 5.61. The molecule has 100 valence electrons. The molecule has 1 aromatic rings. The molecule has 0 aromatic heterocycles. The molecule has 1 rings (SSSR count). The Labute approximate surface area is 114 Å². The molecular weight excluding hydrogens is 248 g/mol. The first-order chi connectivity index (χ1) is 8.74. The highest BCUT2D eigenvalue weighted by atomic mass is 35.5. The highest BCUT2D eigenvalue weighted by Gasteiger charge is 2.15. The topological polar surface area (TPSA) is 26.3 Å². The first-order valence-corrected chi connectivity index (χ1v) is 6.99. The Bertz CT molecular complexity index is 338. The van der Waals surface area contributed by atoms with Crippen LogP contribution in [0.3, 0.4) is 0 Å². The molecule has 0 amide bonds. The van der Waals surface area contributed by atoms with Crippen molar-refractivity contribution in [3.63, 3.8) is 0 Å². The first-order valence-electron chi connectivity index (χ1n) is 6.61. The molecule has 0 fully saturated rings. The third-order valence-electron chi connectivity index (χ3n) is 2.96. The summed E-state index contributed by atoms with van der Waals surface area (Å²) in [5, 5.41) is -0.234. The van der Waals surface area contributed by atoms with Crippen LogP contribution >= 0.6 is 11.6 Å². The van der Waals surface area contributed by atoms with E-state index in [1.54, 1.807) is 0 Å². The third-order valence-corrected chi connectivity index (χ3v) is 3.26. The Balaban J connectivity index is 2.27. The minimum Gasteiger partial charge on any atom is -0.494 e. The Morgan fingerprint density at radius 1 is 1.22 bits per heavy atom. The number of hydrogen-bond acceptors (Lipinski definition) is 2. The number of rotatable bonds is 9. The van der Waals surface area contributed by atoms with Crippen molar-refractivity contribution in [2.75, 3.05) is 6.61 Å².